The fourth-order valence-corrected chi connectivity index (χ4v) is 1.02. The fourth-order valence-electron chi connectivity index (χ4n) is 0.777. The minimum Gasteiger partial charge on any atom is -0.142 e. The number of azide groups is 2. The quantitative estimate of drug-likeness (QED) is 0.318. The van der Waals surface area contributed by atoms with Crippen LogP contribution < -0.4 is 0 Å². The first kappa shape index (κ1) is 9.28. The second-order valence-corrected chi connectivity index (χ2v) is 2.47. The molecule has 0 N–H and O–H groups in total. The zero-order valence-corrected chi connectivity index (χ0v) is 7.26. The van der Waals surface area contributed by atoms with E-state index in [1.807, 2.05) is 0 Å². The Bertz CT molecular complexity index is 379. The third-order valence-electron chi connectivity index (χ3n) is 1.30. The molecule has 1 aromatic rings. The molecule has 0 saturated carbocycles. The number of nitrogens with zero attached hydrogens (tertiary/aromatic N) is 6. The molecule has 1 rings (SSSR count). The summed E-state index contributed by atoms with van der Waals surface area (Å²) in [5, 5.41) is 6.74. The zero-order valence-electron chi connectivity index (χ0n) is 6.36. The lowest BCUT2D eigenvalue weighted by atomic mass is 10.3. The molecule has 0 aromatic heterocycles. The van der Waals surface area contributed by atoms with Gasteiger partial charge in [-0.25, -0.2) is 0 Å². The van der Waals surface area contributed by atoms with Crippen LogP contribution in [0.15, 0.2) is 33.3 Å². The zero-order chi connectivity index (χ0) is 9.68. The Morgan fingerprint density at radius 1 is 1.08 bits per heavy atom. The van der Waals surface area contributed by atoms with Crippen molar-refractivity contribution in [2.24, 2.45) is 10.2 Å². The molecule has 0 amide bonds. The Balaban J connectivity index is 3.33. The van der Waals surface area contributed by atoms with Gasteiger partial charge >= 0.3 is 0 Å². The third-order valence-corrected chi connectivity index (χ3v) is 1.76. The molecule has 0 aliphatic heterocycles. The molecule has 6 nitrogen and oxygen atoms in total. The average molecular weight is 192 g/mol. The number of hydrogen-bond donors (Lipinski definition) is 1. The summed E-state index contributed by atoms with van der Waals surface area (Å²) in [5.74, 6) is 0. The molecule has 0 saturated heterocycles. The van der Waals surface area contributed by atoms with Crippen molar-refractivity contribution in [3.05, 3.63) is 39.1 Å². The minimum atomic E-state index is 0.343. The highest BCUT2D eigenvalue weighted by Crippen LogP contribution is 2.32. The molecule has 0 radical (unpaired) electrons. The smallest absolute Gasteiger partial charge is 0.0513 e. The summed E-state index contributed by atoms with van der Waals surface area (Å²) in [6.45, 7) is 0. The highest BCUT2D eigenvalue weighted by molar-refractivity contribution is 7.80. The summed E-state index contributed by atoms with van der Waals surface area (Å²) in [5.41, 5.74) is 17.1. The van der Waals surface area contributed by atoms with Gasteiger partial charge < -0.3 is 0 Å². The van der Waals surface area contributed by atoms with E-state index in [1.54, 1.807) is 18.2 Å². The Labute approximate surface area is 78.9 Å². The normalized spacial score (nSPS) is 8.38. The van der Waals surface area contributed by atoms with Crippen molar-refractivity contribution in [2.45, 2.75) is 4.90 Å². The van der Waals surface area contributed by atoms with Crippen molar-refractivity contribution in [2.75, 3.05) is 0 Å². The van der Waals surface area contributed by atoms with E-state index in [9.17, 15) is 0 Å². The van der Waals surface area contributed by atoms with E-state index in [0.29, 0.717) is 16.3 Å². The standard InChI is InChI=1S/C6H4N6S/c7-11-9-4-2-1-3-5(6(4)13)10-12-8/h1-3,13H. The van der Waals surface area contributed by atoms with Gasteiger partial charge in [-0.05, 0) is 11.1 Å². The molecule has 7 heteroatoms. The lowest BCUT2D eigenvalue weighted by Gasteiger charge is -1.99. The van der Waals surface area contributed by atoms with Gasteiger partial charge in [0.15, 0.2) is 0 Å². The van der Waals surface area contributed by atoms with Gasteiger partial charge in [-0.2, -0.15) is 0 Å². The van der Waals surface area contributed by atoms with Gasteiger partial charge in [0, 0.05) is 14.7 Å². The van der Waals surface area contributed by atoms with Crippen LogP contribution in [-0.2, 0) is 0 Å². The topological polar surface area (TPSA) is 97.5 Å². The van der Waals surface area contributed by atoms with Crippen molar-refractivity contribution in [3.8, 4) is 0 Å². The van der Waals surface area contributed by atoms with Crippen molar-refractivity contribution >= 4 is 24.0 Å². The maximum Gasteiger partial charge on any atom is 0.0513 e. The molecule has 0 heterocycles. The summed E-state index contributed by atoms with van der Waals surface area (Å²) in [6.07, 6.45) is 0. The predicted molar refractivity (Wildman–Crippen MR) is 51.3 cm³/mol. The number of benzene rings is 1. The van der Waals surface area contributed by atoms with Crippen LogP contribution in [-0.4, -0.2) is 0 Å². The molecule has 0 aliphatic rings. The van der Waals surface area contributed by atoms with E-state index in [4.69, 9.17) is 11.1 Å². The van der Waals surface area contributed by atoms with Gasteiger partial charge in [-0.1, -0.05) is 28.4 Å². The van der Waals surface area contributed by atoms with Crippen molar-refractivity contribution in [3.63, 3.8) is 0 Å². The Morgan fingerprint density at radius 3 is 1.92 bits per heavy atom. The highest BCUT2D eigenvalue weighted by atomic mass is 32.1. The summed E-state index contributed by atoms with van der Waals surface area (Å²) in [4.78, 5) is 5.59. The van der Waals surface area contributed by atoms with E-state index in [1.165, 1.54) is 0 Å². The molecule has 0 spiro atoms. The van der Waals surface area contributed by atoms with E-state index in [0.717, 1.165) is 0 Å². The molecule has 1 aromatic carbocycles. The van der Waals surface area contributed by atoms with E-state index in [2.05, 4.69) is 32.7 Å². The first-order valence-corrected chi connectivity index (χ1v) is 3.66. The molecule has 0 unspecified atom stereocenters. The van der Waals surface area contributed by atoms with Gasteiger partial charge in [-0.15, -0.1) is 12.6 Å². The predicted octanol–water partition coefficient (Wildman–Crippen LogP) is 3.86. The highest BCUT2D eigenvalue weighted by Gasteiger charge is 2.00. The van der Waals surface area contributed by atoms with E-state index in [-0.39, 0.29) is 0 Å². The second-order valence-electron chi connectivity index (χ2n) is 2.02. The van der Waals surface area contributed by atoms with Gasteiger partial charge in [0.2, 0.25) is 0 Å². The fraction of sp³-hybridized carbons (Fsp3) is 0. The Morgan fingerprint density at radius 2 is 1.54 bits per heavy atom. The van der Waals surface area contributed by atoms with E-state index >= 15 is 0 Å². The van der Waals surface area contributed by atoms with Gasteiger partial charge in [0.05, 0.1) is 11.4 Å². The van der Waals surface area contributed by atoms with E-state index < -0.39 is 0 Å². The number of thiol groups is 1. The van der Waals surface area contributed by atoms with Crippen LogP contribution in [0.25, 0.3) is 20.9 Å². The lowest BCUT2D eigenvalue weighted by Crippen LogP contribution is -1.69. The molecule has 0 aliphatic carbocycles. The van der Waals surface area contributed by atoms with Crippen LogP contribution in [0.2, 0.25) is 0 Å². The number of hydrogen-bond acceptors (Lipinski definition) is 3. The van der Waals surface area contributed by atoms with Crippen molar-refractivity contribution in [1.29, 1.82) is 0 Å². The monoisotopic (exact) mass is 192 g/mol. The maximum atomic E-state index is 8.19. The van der Waals surface area contributed by atoms with Crippen LogP contribution in [0, 0.1) is 0 Å². The van der Waals surface area contributed by atoms with Gasteiger partial charge in [0.1, 0.15) is 0 Å². The Hall–Kier alpha value is -1.81. The molecule has 0 fully saturated rings. The first-order chi connectivity index (χ1) is 6.29. The van der Waals surface area contributed by atoms with Crippen molar-refractivity contribution in [1.82, 2.24) is 0 Å². The van der Waals surface area contributed by atoms with Crippen LogP contribution >= 0.6 is 12.6 Å². The molecule has 0 bridgehead atoms. The summed E-state index contributed by atoms with van der Waals surface area (Å²) in [6, 6.07) is 4.78. The maximum absolute atomic E-state index is 8.19. The SMILES string of the molecule is [N-]=[N+]=Nc1cccc(N=[N+]=[N-])c1S. The molecular formula is C6H4N6S. The van der Waals surface area contributed by atoms with Crippen LogP contribution in [0.4, 0.5) is 11.4 Å². The second kappa shape index (κ2) is 4.27. The van der Waals surface area contributed by atoms with Crippen LogP contribution in [0.3, 0.4) is 0 Å². The summed E-state index contributed by atoms with van der Waals surface area (Å²) >= 11 is 4.05. The molecule has 0 atom stereocenters. The largest absolute Gasteiger partial charge is 0.142 e. The van der Waals surface area contributed by atoms with Crippen LogP contribution in [0.1, 0.15) is 0 Å². The van der Waals surface area contributed by atoms with Crippen molar-refractivity contribution < 1.29 is 0 Å². The summed E-state index contributed by atoms with van der Waals surface area (Å²) < 4.78 is 0. The summed E-state index contributed by atoms with van der Waals surface area (Å²) in [7, 11) is 0. The van der Waals surface area contributed by atoms with Crippen LogP contribution in [0.5, 0.6) is 0 Å². The van der Waals surface area contributed by atoms with Gasteiger partial charge in [0.25, 0.3) is 0 Å². The lowest BCUT2D eigenvalue weighted by molar-refractivity contribution is 1.31. The minimum absolute atomic E-state index is 0.343. The number of rotatable bonds is 2. The Kier molecular flexibility index (Phi) is 3.05. The molecule has 64 valence electrons. The average Bonchev–Trinajstić information content (AvgIpc) is 2.13. The first-order valence-electron chi connectivity index (χ1n) is 3.21. The molecule has 13 heavy (non-hydrogen) atoms. The van der Waals surface area contributed by atoms with Gasteiger partial charge in [-0.3, -0.25) is 0 Å². The third kappa shape index (κ3) is 2.07. The molecular weight excluding hydrogens is 188 g/mol.